The van der Waals surface area contributed by atoms with Gasteiger partial charge in [0.15, 0.2) is 0 Å². The second-order valence-corrected chi connectivity index (χ2v) is 3.95. The number of benzene rings is 1. The summed E-state index contributed by atoms with van der Waals surface area (Å²) in [5.41, 5.74) is 1.36. The molecule has 2 rings (SSSR count). The van der Waals surface area contributed by atoms with Gasteiger partial charge < -0.3 is 5.11 Å². The average Bonchev–Trinajstić information content (AvgIpc) is 2.54. The van der Waals surface area contributed by atoms with E-state index in [4.69, 9.17) is 0 Å². The van der Waals surface area contributed by atoms with Crippen molar-refractivity contribution in [3.63, 3.8) is 0 Å². The molecule has 13 heavy (non-hydrogen) atoms. The van der Waals surface area contributed by atoms with Crippen molar-refractivity contribution in [2.24, 2.45) is 5.92 Å². The van der Waals surface area contributed by atoms with Crippen LogP contribution in [0, 0.1) is 5.92 Å². The van der Waals surface area contributed by atoms with Crippen molar-refractivity contribution in [1.82, 2.24) is 0 Å². The molecular weight excluding hydrogens is 160 g/mol. The summed E-state index contributed by atoms with van der Waals surface area (Å²) >= 11 is 0. The van der Waals surface area contributed by atoms with Crippen LogP contribution < -0.4 is 0 Å². The van der Waals surface area contributed by atoms with Crippen molar-refractivity contribution in [3.8, 4) is 0 Å². The molecule has 1 nitrogen and oxygen atoms in total. The van der Waals surface area contributed by atoms with Gasteiger partial charge in [0.2, 0.25) is 0 Å². The zero-order chi connectivity index (χ0) is 9.10. The smallest absolute Gasteiger partial charge is 0.0571 e. The number of hydrogen-bond donors (Lipinski definition) is 1. The fourth-order valence-electron chi connectivity index (χ4n) is 2.17. The van der Waals surface area contributed by atoms with Crippen LogP contribution in [0.25, 0.3) is 0 Å². The maximum atomic E-state index is 9.65. The normalized spacial score (nSPS) is 27.8. The maximum absolute atomic E-state index is 9.65. The summed E-state index contributed by atoms with van der Waals surface area (Å²) in [7, 11) is 0. The van der Waals surface area contributed by atoms with E-state index in [2.05, 4.69) is 24.3 Å². The van der Waals surface area contributed by atoms with Crippen molar-refractivity contribution < 1.29 is 5.11 Å². The molecule has 0 amide bonds. The molecule has 1 N–H and O–H groups in total. The van der Waals surface area contributed by atoms with E-state index in [-0.39, 0.29) is 6.10 Å². The van der Waals surface area contributed by atoms with Crippen LogP contribution in [0.4, 0.5) is 0 Å². The largest absolute Gasteiger partial charge is 0.393 e. The van der Waals surface area contributed by atoms with E-state index < -0.39 is 0 Å². The van der Waals surface area contributed by atoms with Crippen LogP contribution in [0.1, 0.15) is 24.8 Å². The minimum absolute atomic E-state index is 0.0554. The molecule has 0 aromatic heterocycles. The third kappa shape index (κ3) is 2.10. The highest BCUT2D eigenvalue weighted by Gasteiger charge is 2.24. The average molecular weight is 176 g/mol. The van der Waals surface area contributed by atoms with E-state index >= 15 is 0 Å². The zero-order valence-electron chi connectivity index (χ0n) is 7.82. The molecule has 1 aliphatic rings. The molecule has 70 valence electrons. The topological polar surface area (TPSA) is 20.2 Å². The molecule has 1 saturated carbocycles. The molecule has 0 heterocycles. The Kier molecular flexibility index (Phi) is 2.65. The first-order chi connectivity index (χ1) is 6.36. The van der Waals surface area contributed by atoms with Gasteiger partial charge in [-0.3, -0.25) is 0 Å². The molecule has 2 atom stereocenters. The van der Waals surface area contributed by atoms with Crippen LogP contribution in [0.2, 0.25) is 0 Å². The van der Waals surface area contributed by atoms with Crippen molar-refractivity contribution in [1.29, 1.82) is 0 Å². The predicted octanol–water partition coefficient (Wildman–Crippen LogP) is 2.39. The van der Waals surface area contributed by atoms with E-state index in [1.165, 1.54) is 18.4 Å². The monoisotopic (exact) mass is 176 g/mol. The minimum atomic E-state index is -0.0554. The Labute approximate surface area is 79.4 Å². The van der Waals surface area contributed by atoms with E-state index in [1.807, 2.05) is 6.07 Å². The molecular formula is C12H16O. The number of aliphatic hydroxyl groups excluding tert-OH is 1. The van der Waals surface area contributed by atoms with Gasteiger partial charge in [0.1, 0.15) is 0 Å². The predicted molar refractivity (Wildman–Crippen MR) is 53.5 cm³/mol. The summed E-state index contributed by atoms with van der Waals surface area (Å²) in [4.78, 5) is 0. The molecule has 1 aromatic rings. The van der Waals surface area contributed by atoms with Gasteiger partial charge in [-0.25, -0.2) is 0 Å². The highest BCUT2D eigenvalue weighted by molar-refractivity contribution is 5.15. The number of hydrogen-bond acceptors (Lipinski definition) is 1. The first kappa shape index (κ1) is 8.76. The van der Waals surface area contributed by atoms with E-state index in [1.54, 1.807) is 0 Å². The fraction of sp³-hybridized carbons (Fsp3) is 0.500. The Morgan fingerprint density at radius 2 is 1.92 bits per heavy atom. The minimum Gasteiger partial charge on any atom is -0.393 e. The summed E-state index contributed by atoms with van der Waals surface area (Å²) in [6.07, 6.45) is 4.37. The first-order valence-corrected chi connectivity index (χ1v) is 5.08. The Bertz CT molecular complexity index is 255. The molecule has 1 aliphatic carbocycles. The number of rotatable bonds is 2. The lowest BCUT2D eigenvalue weighted by Gasteiger charge is -2.13. The highest BCUT2D eigenvalue weighted by Crippen LogP contribution is 2.28. The summed E-state index contributed by atoms with van der Waals surface area (Å²) < 4.78 is 0. The second kappa shape index (κ2) is 3.93. The van der Waals surface area contributed by atoms with Gasteiger partial charge in [-0.2, -0.15) is 0 Å². The standard InChI is InChI=1S/C12H16O/c13-12-8-4-7-11(12)9-10-5-2-1-3-6-10/h1-3,5-6,11-13H,4,7-9H2/t11-,12-/m0/s1. The van der Waals surface area contributed by atoms with E-state index in [0.29, 0.717) is 5.92 Å². The van der Waals surface area contributed by atoms with Gasteiger partial charge in [0, 0.05) is 0 Å². The van der Waals surface area contributed by atoms with Crippen LogP contribution in [0.5, 0.6) is 0 Å². The molecule has 1 heteroatoms. The van der Waals surface area contributed by atoms with Gasteiger partial charge in [-0.05, 0) is 30.7 Å². The summed E-state index contributed by atoms with van der Waals surface area (Å²) in [5.74, 6) is 0.502. The first-order valence-electron chi connectivity index (χ1n) is 5.08. The van der Waals surface area contributed by atoms with Crippen LogP contribution in [-0.4, -0.2) is 11.2 Å². The van der Waals surface area contributed by atoms with Crippen molar-refractivity contribution in [2.75, 3.05) is 0 Å². The van der Waals surface area contributed by atoms with Gasteiger partial charge in [0.05, 0.1) is 6.10 Å². The van der Waals surface area contributed by atoms with Crippen molar-refractivity contribution in [3.05, 3.63) is 35.9 Å². The van der Waals surface area contributed by atoms with Gasteiger partial charge in [-0.15, -0.1) is 0 Å². The zero-order valence-corrected chi connectivity index (χ0v) is 7.82. The summed E-state index contributed by atoms with van der Waals surface area (Å²) in [5, 5.41) is 9.65. The lowest BCUT2D eigenvalue weighted by atomic mass is 9.96. The van der Waals surface area contributed by atoms with Gasteiger partial charge in [0.25, 0.3) is 0 Å². The fourth-order valence-corrected chi connectivity index (χ4v) is 2.17. The number of aliphatic hydroxyl groups is 1. The molecule has 0 radical (unpaired) electrons. The highest BCUT2D eigenvalue weighted by atomic mass is 16.3. The third-order valence-electron chi connectivity index (χ3n) is 2.96. The van der Waals surface area contributed by atoms with E-state index in [9.17, 15) is 5.11 Å². The van der Waals surface area contributed by atoms with Crippen LogP contribution >= 0.6 is 0 Å². The molecule has 0 unspecified atom stereocenters. The Morgan fingerprint density at radius 1 is 1.15 bits per heavy atom. The van der Waals surface area contributed by atoms with Crippen molar-refractivity contribution in [2.45, 2.75) is 31.8 Å². The Balaban J connectivity index is 1.98. The van der Waals surface area contributed by atoms with Crippen LogP contribution in [0.3, 0.4) is 0 Å². The summed E-state index contributed by atoms with van der Waals surface area (Å²) in [6, 6.07) is 10.5. The lowest BCUT2D eigenvalue weighted by Crippen LogP contribution is -2.15. The Hall–Kier alpha value is -0.820. The summed E-state index contributed by atoms with van der Waals surface area (Å²) in [6.45, 7) is 0. The lowest BCUT2D eigenvalue weighted by molar-refractivity contribution is 0.132. The van der Waals surface area contributed by atoms with Gasteiger partial charge >= 0.3 is 0 Å². The molecule has 0 spiro atoms. The molecule has 0 saturated heterocycles. The van der Waals surface area contributed by atoms with Gasteiger partial charge in [-0.1, -0.05) is 36.8 Å². The Morgan fingerprint density at radius 3 is 2.54 bits per heavy atom. The van der Waals surface area contributed by atoms with Crippen molar-refractivity contribution >= 4 is 0 Å². The van der Waals surface area contributed by atoms with Crippen LogP contribution in [-0.2, 0) is 6.42 Å². The van der Waals surface area contributed by atoms with E-state index in [0.717, 1.165) is 12.8 Å². The van der Waals surface area contributed by atoms with Crippen LogP contribution in [0.15, 0.2) is 30.3 Å². The molecule has 0 bridgehead atoms. The molecule has 1 fully saturated rings. The second-order valence-electron chi connectivity index (χ2n) is 3.95. The SMILES string of the molecule is O[C@H]1CCC[C@H]1Cc1ccccc1. The molecule has 1 aromatic carbocycles. The third-order valence-corrected chi connectivity index (χ3v) is 2.96. The quantitative estimate of drug-likeness (QED) is 0.733. The maximum Gasteiger partial charge on any atom is 0.0571 e. The molecule has 0 aliphatic heterocycles.